The Morgan fingerprint density at radius 2 is 1.84 bits per heavy atom. The van der Waals surface area contributed by atoms with E-state index in [4.69, 9.17) is 11.6 Å². The zero-order valence-electron chi connectivity index (χ0n) is 16.7. The van der Waals surface area contributed by atoms with Crippen LogP contribution in [0.4, 0.5) is 4.39 Å². The van der Waals surface area contributed by atoms with Crippen molar-refractivity contribution in [3.8, 4) is 21.8 Å². The summed E-state index contributed by atoms with van der Waals surface area (Å²) in [7, 11) is 0. The number of aromatic amines is 1. The third kappa shape index (κ3) is 3.75. The molecule has 2 aromatic heterocycles. The maximum absolute atomic E-state index is 13.3. The number of rotatable bonds is 3. The van der Waals surface area contributed by atoms with Crippen molar-refractivity contribution >= 4 is 28.8 Å². The first-order valence-electron chi connectivity index (χ1n) is 9.84. The molecule has 156 valence electrons. The number of aromatic nitrogens is 3. The third-order valence-corrected chi connectivity index (χ3v) is 6.87. The van der Waals surface area contributed by atoms with Gasteiger partial charge in [0.2, 0.25) is 0 Å². The SMILES string of the molecule is Cc1nc(-c2ccc(F)cc2)sc1C(=O)N1CCc2[nH]nc(-c3ccc(Cl)cc3)c2C1. The molecule has 0 saturated carbocycles. The van der Waals surface area contributed by atoms with E-state index in [0.29, 0.717) is 40.1 Å². The predicted octanol–water partition coefficient (Wildman–Crippen LogP) is 5.50. The number of carbonyl (C=O) groups excluding carboxylic acids is 1. The van der Waals surface area contributed by atoms with Gasteiger partial charge in [0.15, 0.2) is 0 Å². The molecule has 0 spiro atoms. The summed E-state index contributed by atoms with van der Waals surface area (Å²) >= 11 is 7.36. The molecule has 0 fully saturated rings. The number of nitrogens with one attached hydrogen (secondary N) is 1. The molecule has 5 rings (SSSR count). The highest BCUT2D eigenvalue weighted by Crippen LogP contribution is 2.32. The van der Waals surface area contributed by atoms with E-state index in [0.717, 1.165) is 28.1 Å². The van der Waals surface area contributed by atoms with Gasteiger partial charge in [0.05, 0.1) is 11.4 Å². The quantitative estimate of drug-likeness (QED) is 0.446. The number of halogens is 2. The van der Waals surface area contributed by atoms with Crippen LogP contribution in [0, 0.1) is 12.7 Å². The number of nitrogens with zero attached hydrogens (tertiary/aromatic N) is 3. The van der Waals surface area contributed by atoms with Gasteiger partial charge in [-0.05, 0) is 43.3 Å². The number of benzene rings is 2. The fourth-order valence-corrected chi connectivity index (χ4v) is 4.93. The average molecular weight is 453 g/mol. The number of amides is 1. The second-order valence-electron chi connectivity index (χ2n) is 7.45. The molecule has 8 heteroatoms. The number of thiazole rings is 1. The van der Waals surface area contributed by atoms with Crippen LogP contribution in [0.1, 0.15) is 26.6 Å². The van der Waals surface area contributed by atoms with Crippen LogP contribution in [0.15, 0.2) is 48.5 Å². The minimum atomic E-state index is -0.297. The highest BCUT2D eigenvalue weighted by molar-refractivity contribution is 7.17. The highest BCUT2D eigenvalue weighted by Gasteiger charge is 2.28. The van der Waals surface area contributed by atoms with E-state index in [2.05, 4.69) is 15.2 Å². The Kier molecular flexibility index (Phi) is 5.08. The van der Waals surface area contributed by atoms with Gasteiger partial charge >= 0.3 is 0 Å². The number of hydrogen-bond donors (Lipinski definition) is 1. The van der Waals surface area contributed by atoms with Gasteiger partial charge in [0.1, 0.15) is 15.7 Å². The molecule has 0 unspecified atom stereocenters. The predicted molar refractivity (Wildman–Crippen MR) is 120 cm³/mol. The Morgan fingerprint density at radius 1 is 1.13 bits per heavy atom. The lowest BCUT2D eigenvalue weighted by Crippen LogP contribution is -2.35. The molecule has 0 bridgehead atoms. The first-order chi connectivity index (χ1) is 15.0. The van der Waals surface area contributed by atoms with Crippen molar-refractivity contribution in [1.82, 2.24) is 20.1 Å². The molecule has 5 nitrogen and oxygen atoms in total. The zero-order valence-corrected chi connectivity index (χ0v) is 18.2. The molecule has 3 heterocycles. The van der Waals surface area contributed by atoms with Crippen molar-refractivity contribution in [3.05, 3.63) is 81.2 Å². The topological polar surface area (TPSA) is 61.9 Å². The van der Waals surface area contributed by atoms with Gasteiger partial charge in [-0.25, -0.2) is 9.37 Å². The molecule has 1 aliphatic heterocycles. The fraction of sp³-hybridized carbons (Fsp3) is 0.174. The minimum absolute atomic E-state index is 0.0442. The van der Waals surface area contributed by atoms with Gasteiger partial charge in [-0.15, -0.1) is 11.3 Å². The van der Waals surface area contributed by atoms with E-state index in [1.54, 1.807) is 12.1 Å². The van der Waals surface area contributed by atoms with E-state index in [1.165, 1.54) is 23.5 Å². The van der Waals surface area contributed by atoms with Crippen LogP contribution in [-0.2, 0) is 13.0 Å². The summed E-state index contributed by atoms with van der Waals surface area (Å²) < 4.78 is 13.2. The molecule has 0 aliphatic carbocycles. The van der Waals surface area contributed by atoms with Crippen LogP contribution >= 0.6 is 22.9 Å². The van der Waals surface area contributed by atoms with Crippen LogP contribution in [0.3, 0.4) is 0 Å². The van der Waals surface area contributed by atoms with Crippen LogP contribution in [0.25, 0.3) is 21.8 Å². The number of hydrogen-bond acceptors (Lipinski definition) is 4. The summed E-state index contributed by atoms with van der Waals surface area (Å²) in [5.74, 6) is -0.341. The molecule has 1 amide bonds. The number of carbonyl (C=O) groups is 1. The number of fused-ring (bicyclic) bond motifs is 1. The largest absolute Gasteiger partial charge is 0.333 e. The maximum Gasteiger partial charge on any atom is 0.266 e. The molecule has 2 aromatic carbocycles. The van der Waals surface area contributed by atoms with Crippen molar-refractivity contribution < 1.29 is 9.18 Å². The Balaban J connectivity index is 1.42. The van der Waals surface area contributed by atoms with Gasteiger partial charge in [0.25, 0.3) is 5.91 Å². The first kappa shape index (κ1) is 19.9. The molecule has 0 radical (unpaired) electrons. The van der Waals surface area contributed by atoms with Gasteiger partial charge < -0.3 is 4.90 Å². The summed E-state index contributed by atoms with van der Waals surface area (Å²) in [6.45, 7) is 2.92. The monoisotopic (exact) mass is 452 g/mol. The zero-order chi connectivity index (χ0) is 21.5. The van der Waals surface area contributed by atoms with Crippen LogP contribution in [0.5, 0.6) is 0 Å². The number of aryl methyl sites for hydroxylation is 1. The van der Waals surface area contributed by atoms with Crippen molar-refractivity contribution in [2.45, 2.75) is 19.9 Å². The van der Waals surface area contributed by atoms with Crippen molar-refractivity contribution in [1.29, 1.82) is 0 Å². The lowest BCUT2D eigenvalue weighted by Gasteiger charge is -2.27. The van der Waals surface area contributed by atoms with E-state index < -0.39 is 0 Å². The number of H-pyrrole nitrogens is 1. The van der Waals surface area contributed by atoms with E-state index >= 15 is 0 Å². The lowest BCUT2D eigenvalue weighted by atomic mass is 10.0. The summed E-state index contributed by atoms with van der Waals surface area (Å²) in [4.78, 5) is 20.3. The van der Waals surface area contributed by atoms with Crippen molar-refractivity contribution in [2.75, 3.05) is 6.54 Å². The Hall–Kier alpha value is -3.03. The van der Waals surface area contributed by atoms with Gasteiger partial charge in [-0.3, -0.25) is 9.89 Å². The maximum atomic E-state index is 13.3. The normalized spacial score (nSPS) is 13.3. The van der Waals surface area contributed by atoms with Crippen LogP contribution < -0.4 is 0 Å². The van der Waals surface area contributed by atoms with Gasteiger partial charge in [-0.2, -0.15) is 5.10 Å². The second-order valence-corrected chi connectivity index (χ2v) is 8.89. The summed E-state index contributed by atoms with van der Waals surface area (Å²) in [6, 6.07) is 13.7. The Labute approximate surface area is 187 Å². The van der Waals surface area contributed by atoms with Crippen LogP contribution in [-0.4, -0.2) is 32.5 Å². The Morgan fingerprint density at radius 3 is 2.58 bits per heavy atom. The molecule has 31 heavy (non-hydrogen) atoms. The lowest BCUT2D eigenvalue weighted by molar-refractivity contribution is 0.0738. The standard InChI is InChI=1S/C23H18ClFN4OS/c1-13-21(31-22(26-13)15-4-8-17(25)9-5-15)23(30)29-11-10-19-18(12-29)20(28-27-19)14-2-6-16(24)7-3-14/h2-9H,10-12H2,1H3,(H,27,28). The highest BCUT2D eigenvalue weighted by atomic mass is 35.5. The average Bonchev–Trinajstić information content (AvgIpc) is 3.37. The summed E-state index contributed by atoms with van der Waals surface area (Å²) in [5.41, 5.74) is 5.38. The minimum Gasteiger partial charge on any atom is -0.333 e. The van der Waals surface area contributed by atoms with Crippen molar-refractivity contribution in [2.24, 2.45) is 0 Å². The van der Waals surface area contributed by atoms with Crippen LogP contribution in [0.2, 0.25) is 5.02 Å². The molecular formula is C23H18ClFN4OS. The Bertz CT molecular complexity index is 1260. The van der Waals surface area contributed by atoms with Gasteiger partial charge in [-0.1, -0.05) is 23.7 Å². The second kappa shape index (κ2) is 7.90. The van der Waals surface area contributed by atoms with E-state index in [9.17, 15) is 9.18 Å². The molecule has 1 aliphatic rings. The first-order valence-corrected chi connectivity index (χ1v) is 11.0. The van der Waals surface area contributed by atoms with Crippen molar-refractivity contribution in [3.63, 3.8) is 0 Å². The van der Waals surface area contributed by atoms with E-state index in [-0.39, 0.29) is 11.7 Å². The fourth-order valence-electron chi connectivity index (χ4n) is 3.77. The smallest absolute Gasteiger partial charge is 0.266 e. The molecular weight excluding hydrogens is 435 g/mol. The van der Waals surface area contributed by atoms with Gasteiger partial charge in [0, 0.05) is 46.9 Å². The van der Waals surface area contributed by atoms with E-state index in [1.807, 2.05) is 36.1 Å². The molecule has 0 saturated heterocycles. The molecule has 0 atom stereocenters. The molecule has 4 aromatic rings. The molecule has 1 N–H and O–H groups in total. The third-order valence-electron chi connectivity index (χ3n) is 5.42. The summed E-state index contributed by atoms with van der Waals surface area (Å²) in [5, 5.41) is 8.99. The summed E-state index contributed by atoms with van der Waals surface area (Å²) in [6.07, 6.45) is 0.713.